The van der Waals surface area contributed by atoms with E-state index in [4.69, 9.17) is 0 Å². The van der Waals surface area contributed by atoms with Crippen LogP contribution in [0, 0.1) is 5.41 Å². The molecule has 138 valence electrons. The van der Waals surface area contributed by atoms with Gasteiger partial charge in [-0.1, -0.05) is 32.0 Å². The van der Waals surface area contributed by atoms with Gasteiger partial charge >= 0.3 is 5.97 Å². The van der Waals surface area contributed by atoms with Gasteiger partial charge in [-0.2, -0.15) is 0 Å². The van der Waals surface area contributed by atoms with Gasteiger partial charge < -0.3 is 10.0 Å². The van der Waals surface area contributed by atoms with Gasteiger partial charge in [0.25, 0.3) is 0 Å². The van der Waals surface area contributed by atoms with E-state index in [2.05, 4.69) is 43.9 Å². The molecule has 0 radical (unpaired) electrons. The average Bonchev–Trinajstić information content (AvgIpc) is 3.17. The highest BCUT2D eigenvalue weighted by atomic mass is 32.1. The molecule has 4 heteroatoms. The van der Waals surface area contributed by atoms with Crippen LogP contribution in [-0.4, -0.2) is 23.7 Å². The maximum atomic E-state index is 12.2. The molecular weight excluding hydrogens is 342 g/mol. The molecule has 0 bridgehead atoms. The first kappa shape index (κ1) is 17.6. The lowest BCUT2D eigenvalue weighted by Crippen LogP contribution is -2.26. The zero-order chi connectivity index (χ0) is 18.5. The lowest BCUT2D eigenvalue weighted by atomic mass is 9.76. The number of carbonyl (C=O) groups is 1. The Bertz CT molecular complexity index is 852. The highest BCUT2D eigenvalue weighted by Gasteiger charge is 2.34. The molecule has 1 aliphatic heterocycles. The summed E-state index contributed by atoms with van der Waals surface area (Å²) in [6.07, 6.45) is 5.40. The Morgan fingerprint density at radius 2 is 2.08 bits per heavy atom. The molecule has 1 aliphatic carbocycles. The molecule has 1 atom stereocenters. The van der Waals surface area contributed by atoms with Crippen LogP contribution in [-0.2, 0) is 12.8 Å². The number of thiophene rings is 1. The molecule has 1 saturated heterocycles. The van der Waals surface area contributed by atoms with E-state index in [1.807, 2.05) is 6.07 Å². The highest BCUT2D eigenvalue weighted by Crippen LogP contribution is 2.47. The second-order valence-corrected chi connectivity index (χ2v) is 9.66. The van der Waals surface area contributed by atoms with Crippen molar-refractivity contribution in [2.45, 2.75) is 58.9 Å². The number of benzene rings is 1. The van der Waals surface area contributed by atoms with Crippen molar-refractivity contribution in [3.63, 3.8) is 0 Å². The van der Waals surface area contributed by atoms with Crippen molar-refractivity contribution in [2.75, 3.05) is 11.4 Å². The van der Waals surface area contributed by atoms with E-state index in [-0.39, 0.29) is 5.41 Å². The van der Waals surface area contributed by atoms with E-state index in [9.17, 15) is 9.90 Å². The number of aryl methyl sites for hydroxylation is 1. The molecule has 26 heavy (non-hydrogen) atoms. The smallest absolute Gasteiger partial charge is 0.337 e. The zero-order valence-corrected chi connectivity index (χ0v) is 16.7. The third-order valence-electron chi connectivity index (χ3n) is 6.00. The average molecular weight is 370 g/mol. The topological polar surface area (TPSA) is 40.5 Å². The SMILES string of the molecule is CC1CCCN1c1ccccc1-c1sc2c(c1C(=O)O)CC(C)(C)CC2. The Morgan fingerprint density at radius 3 is 2.77 bits per heavy atom. The van der Waals surface area contributed by atoms with Crippen molar-refractivity contribution < 1.29 is 9.90 Å². The molecule has 2 aliphatic rings. The van der Waals surface area contributed by atoms with Gasteiger partial charge in [0.05, 0.1) is 10.4 Å². The first-order valence-electron chi connectivity index (χ1n) is 9.61. The number of anilines is 1. The lowest BCUT2D eigenvalue weighted by Gasteiger charge is -2.29. The van der Waals surface area contributed by atoms with Gasteiger partial charge in [-0.25, -0.2) is 4.79 Å². The van der Waals surface area contributed by atoms with E-state index < -0.39 is 5.97 Å². The van der Waals surface area contributed by atoms with Gasteiger partial charge in [0, 0.05) is 28.7 Å². The molecule has 0 saturated carbocycles. The summed E-state index contributed by atoms with van der Waals surface area (Å²) >= 11 is 1.71. The van der Waals surface area contributed by atoms with Crippen molar-refractivity contribution in [3.8, 4) is 10.4 Å². The van der Waals surface area contributed by atoms with Crippen LogP contribution in [0.15, 0.2) is 24.3 Å². The number of carboxylic acids is 1. The molecule has 0 spiro atoms. The van der Waals surface area contributed by atoms with E-state index in [1.54, 1.807) is 11.3 Å². The lowest BCUT2D eigenvalue weighted by molar-refractivity contribution is 0.0696. The Balaban J connectivity index is 1.88. The molecule has 1 aromatic heterocycles. The molecule has 1 N–H and O–H groups in total. The summed E-state index contributed by atoms with van der Waals surface area (Å²) in [5.74, 6) is -0.778. The first-order chi connectivity index (χ1) is 12.4. The van der Waals surface area contributed by atoms with Crippen molar-refractivity contribution in [3.05, 3.63) is 40.3 Å². The van der Waals surface area contributed by atoms with Crippen LogP contribution < -0.4 is 4.90 Å². The molecule has 4 rings (SSSR count). The number of hydrogen-bond donors (Lipinski definition) is 1. The third-order valence-corrected chi connectivity index (χ3v) is 7.32. The predicted molar refractivity (Wildman–Crippen MR) is 109 cm³/mol. The van der Waals surface area contributed by atoms with E-state index in [1.165, 1.54) is 23.4 Å². The maximum absolute atomic E-state index is 12.2. The molecule has 1 unspecified atom stereocenters. The Hall–Kier alpha value is -1.81. The second kappa shape index (κ2) is 6.41. The van der Waals surface area contributed by atoms with Crippen LogP contribution in [0.5, 0.6) is 0 Å². The predicted octanol–water partition coefficient (Wildman–Crippen LogP) is 5.62. The van der Waals surface area contributed by atoms with Crippen LogP contribution in [0.1, 0.15) is 60.8 Å². The van der Waals surface area contributed by atoms with Crippen molar-refractivity contribution in [1.29, 1.82) is 0 Å². The Labute approximate surface area is 159 Å². The van der Waals surface area contributed by atoms with Crippen LogP contribution in [0.25, 0.3) is 10.4 Å². The minimum atomic E-state index is -0.778. The summed E-state index contributed by atoms with van der Waals surface area (Å²) in [7, 11) is 0. The molecule has 2 aromatic rings. The number of fused-ring (bicyclic) bond motifs is 1. The van der Waals surface area contributed by atoms with Gasteiger partial charge in [0.1, 0.15) is 0 Å². The third kappa shape index (κ3) is 2.94. The maximum Gasteiger partial charge on any atom is 0.337 e. The number of nitrogens with zero attached hydrogens (tertiary/aromatic N) is 1. The molecule has 1 fully saturated rings. The summed E-state index contributed by atoms with van der Waals surface area (Å²) < 4.78 is 0. The van der Waals surface area contributed by atoms with Gasteiger partial charge in [0.15, 0.2) is 0 Å². The first-order valence-corrected chi connectivity index (χ1v) is 10.4. The summed E-state index contributed by atoms with van der Waals surface area (Å²) in [4.78, 5) is 16.9. The van der Waals surface area contributed by atoms with Gasteiger partial charge in [-0.15, -0.1) is 11.3 Å². The quantitative estimate of drug-likeness (QED) is 0.764. The molecule has 3 nitrogen and oxygen atoms in total. The van der Waals surface area contributed by atoms with Crippen LogP contribution >= 0.6 is 11.3 Å². The fourth-order valence-corrected chi connectivity index (χ4v) is 5.89. The van der Waals surface area contributed by atoms with Crippen LogP contribution in [0.4, 0.5) is 5.69 Å². The van der Waals surface area contributed by atoms with E-state index >= 15 is 0 Å². The Kier molecular flexibility index (Phi) is 4.34. The minimum Gasteiger partial charge on any atom is -0.478 e. The largest absolute Gasteiger partial charge is 0.478 e. The van der Waals surface area contributed by atoms with Crippen LogP contribution in [0.2, 0.25) is 0 Å². The fourth-order valence-electron chi connectivity index (χ4n) is 4.54. The fraction of sp³-hybridized carbons (Fsp3) is 0.500. The summed E-state index contributed by atoms with van der Waals surface area (Å²) in [5, 5.41) is 10.0. The van der Waals surface area contributed by atoms with Gasteiger partial charge in [-0.05, 0) is 56.1 Å². The summed E-state index contributed by atoms with van der Waals surface area (Å²) in [6.45, 7) is 7.82. The number of carboxylic acid groups (broad SMARTS) is 1. The number of aromatic carboxylic acids is 1. The van der Waals surface area contributed by atoms with E-state index in [0.717, 1.165) is 41.8 Å². The summed E-state index contributed by atoms with van der Waals surface area (Å²) in [5.41, 5.74) is 4.10. The Morgan fingerprint density at radius 1 is 1.31 bits per heavy atom. The molecule has 1 aromatic carbocycles. The van der Waals surface area contributed by atoms with Gasteiger partial charge in [0.2, 0.25) is 0 Å². The zero-order valence-electron chi connectivity index (χ0n) is 15.8. The molecular formula is C22H27NO2S. The number of para-hydroxylation sites is 1. The van der Waals surface area contributed by atoms with Crippen molar-refractivity contribution in [1.82, 2.24) is 0 Å². The highest BCUT2D eigenvalue weighted by molar-refractivity contribution is 7.16. The van der Waals surface area contributed by atoms with E-state index in [0.29, 0.717) is 11.6 Å². The van der Waals surface area contributed by atoms with Crippen LogP contribution in [0.3, 0.4) is 0 Å². The monoisotopic (exact) mass is 369 g/mol. The minimum absolute atomic E-state index is 0.179. The van der Waals surface area contributed by atoms with Crippen molar-refractivity contribution >= 4 is 23.0 Å². The standard InChI is InChI=1S/C22H27NO2S/c1-14-7-6-12-23(14)17-9-5-4-8-15(17)20-19(21(24)25)16-13-22(2,3)11-10-18(16)26-20/h4-5,8-9,14H,6-7,10-13H2,1-3H3,(H,24,25). The molecule has 2 heterocycles. The van der Waals surface area contributed by atoms with Crippen molar-refractivity contribution in [2.24, 2.45) is 5.41 Å². The summed E-state index contributed by atoms with van der Waals surface area (Å²) in [6, 6.07) is 8.88. The second-order valence-electron chi connectivity index (χ2n) is 8.56. The van der Waals surface area contributed by atoms with Gasteiger partial charge in [-0.3, -0.25) is 0 Å². The number of rotatable bonds is 3. The number of hydrogen-bond acceptors (Lipinski definition) is 3. The normalized spacial score (nSPS) is 21.7. The molecule has 0 amide bonds.